The van der Waals surface area contributed by atoms with Gasteiger partial charge >= 0.3 is 5.97 Å². The normalized spacial score (nSPS) is 16.8. The van der Waals surface area contributed by atoms with Crippen molar-refractivity contribution >= 4 is 58.0 Å². The van der Waals surface area contributed by atoms with Crippen molar-refractivity contribution in [3.8, 4) is 11.3 Å². The molecule has 1 saturated heterocycles. The first-order valence-electron chi connectivity index (χ1n) is 8.56. The molecule has 1 aromatic heterocycles. The Kier molecular flexibility index (Phi) is 6.64. The molecule has 1 aromatic carbocycles. The third kappa shape index (κ3) is 4.51. The number of carbonyl (C=O) groups is 2. The highest BCUT2D eigenvalue weighted by molar-refractivity contribution is 8.26. The maximum Gasteiger partial charge on any atom is 0.326 e. The number of carboxylic acid groups (broad SMARTS) is 1. The van der Waals surface area contributed by atoms with Crippen molar-refractivity contribution < 1.29 is 19.1 Å². The first-order chi connectivity index (χ1) is 13.4. The first kappa shape index (κ1) is 20.7. The lowest BCUT2D eigenvalue weighted by Crippen LogP contribution is -2.44. The number of amides is 1. The van der Waals surface area contributed by atoms with Gasteiger partial charge in [0.05, 0.1) is 4.91 Å². The van der Waals surface area contributed by atoms with E-state index in [1.54, 1.807) is 12.1 Å². The van der Waals surface area contributed by atoms with Crippen LogP contribution in [0.3, 0.4) is 0 Å². The lowest BCUT2D eigenvalue weighted by Gasteiger charge is -2.22. The zero-order valence-electron chi connectivity index (χ0n) is 15.4. The van der Waals surface area contributed by atoms with Gasteiger partial charge in [0.2, 0.25) is 0 Å². The summed E-state index contributed by atoms with van der Waals surface area (Å²) in [5.41, 5.74) is 2.11. The third-order valence-corrected chi connectivity index (χ3v) is 6.23. The number of aliphatic carboxylic acids is 1. The fourth-order valence-electron chi connectivity index (χ4n) is 2.77. The van der Waals surface area contributed by atoms with Crippen molar-refractivity contribution in [2.24, 2.45) is 0 Å². The Morgan fingerprint density at radius 1 is 1.32 bits per heavy atom. The molecule has 5 nitrogen and oxygen atoms in total. The summed E-state index contributed by atoms with van der Waals surface area (Å²) < 4.78 is 6.10. The Labute approximate surface area is 177 Å². The number of thiocarbonyl (C=S) groups is 1. The van der Waals surface area contributed by atoms with Crippen molar-refractivity contribution in [3.63, 3.8) is 0 Å². The van der Waals surface area contributed by atoms with Crippen LogP contribution in [0.25, 0.3) is 17.4 Å². The molecular weight excluding hydrogens is 414 g/mol. The van der Waals surface area contributed by atoms with Gasteiger partial charge in [0.25, 0.3) is 5.91 Å². The van der Waals surface area contributed by atoms with Crippen LogP contribution in [0.1, 0.15) is 17.7 Å². The van der Waals surface area contributed by atoms with Gasteiger partial charge in [-0.05, 0) is 37.5 Å². The summed E-state index contributed by atoms with van der Waals surface area (Å²) in [6.45, 7) is 2.02. The second-order valence-corrected chi connectivity index (χ2v) is 8.92. The molecule has 28 heavy (non-hydrogen) atoms. The lowest BCUT2D eigenvalue weighted by molar-refractivity contribution is -0.145. The molecule has 1 aliphatic heterocycles. The van der Waals surface area contributed by atoms with Crippen LogP contribution in [0.4, 0.5) is 0 Å². The van der Waals surface area contributed by atoms with E-state index in [1.807, 2.05) is 43.5 Å². The average Bonchev–Trinajstić information content (AvgIpc) is 3.22. The maximum absolute atomic E-state index is 12.8. The SMILES string of the molecule is CSCC[C@H](C(=O)O)N1C(=O)/C(=C\c2ccc(-c3ccc(C)cc3)o2)SC1=S. The van der Waals surface area contributed by atoms with Crippen LogP contribution >= 0.6 is 35.7 Å². The molecule has 0 radical (unpaired) electrons. The summed E-state index contributed by atoms with van der Waals surface area (Å²) in [4.78, 5) is 26.0. The Morgan fingerprint density at radius 2 is 2.04 bits per heavy atom. The van der Waals surface area contributed by atoms with E-state index in [-0.39, 0.29) is 4.32 Å². The van der Waals surface area contributed by atoms with Crippen LogP contribution in [-0.2, 0) is 9.59 Å². The van der Waals surface area contributed by atoms with Gasteiger partial charge in [0.15, 0.2) is 0 Å². The standard InChI is InChI=1S/C20H19NO4S3/c1-12-3-5-13(6-4-12)16-8-7-14(25-16)11-17-18(22)21(20(26)28-17)15(19(23)24)9-10-27-2/h3-8,11,15H,9-10H2,1-2H3,(H,23,24)/b17-11+/t15-/m1/s1. The fraction of sp³-hybridized carbons (Fsp3) is 0.250. The number of furan rings is 1. The highest BCUT2D eigenvalue weighted by Crippen LogP contribution is 2.35. The largest absolute Gasteiger partial charge is 0.480 e. The van der Waals surface area contributed by atoms with Crippen molar-refractivity contribution in [2.45, 2.75) is 19.4 Å². The number of aryl methyl sites for hydroxylation is 1. The molecule has 2 heterocycles. The monoisotopic (exact) mass is 433 g/mol. The van der Waals surface area contributed by atoms with Crippen LogP contribution < -0.4 is 0 Å². The number of hydrogen-bond donors (Lipinski definition) is 1. The van der Waals surface area contributed by atoms with Crippen molar-refractivity contribution in [2.75, 3.05) is 12.0 Å². The predicted octanol–water partition coefficient (Wildman–Crippen LogP) is 4.66. The third-order valence-electron chi connectivity index (χ3n) is 4.25. The minimum atomic E-state index is -1.05. The van der Waals surface area contributed by atoms with E-state index in [4.69, 9.17) is 16.6 Å². The van der Waals surface area contributed by atoms with Crippen LogP contribution in [0.5, 0.6) is 0 Å². The van der Waals surface area contributed by atoms with Gasteiger partial charge in [0.1, 0.15) is 21.9 Å². The molecular formula is C20H19NO4S3. The van der Waals surface area contributed by atoms with Crippen molar-refractivity contribution in [1.29, 1.82) is 0 Å². The molecule has 0 aliphatic carbocycles. The molecule has 1 aliphatic rings. The molecule has 1 atom stereocenters. The number of carboxylic acids is 1. The van der Waals surface area contributed by atoms with Crippen molar-refractivity contribution in [1.82, 2.24) is 4.90 Å². The summed E-state index contributed by atoms with van der Waals surface area (Å²) >= 11 is 7.91. The maximum atomic E-state index is 12.8. The molecule has 1 N–H and O–H groups in total. The minimum Gasteiger partial charge on any atom is -0.480 e. The number of hydrogen-bond acceptors (Lipinski definition) is 6. The second-order valence-electron chi connectivity index (χ2n) is 6.26. The molecule has 0 saturated carbocycles. The summed E-state index contributed by atoms with van der Waals surface area (Å²) in [6.07, 6.45) is 3.85. The van der Waals surface area contributed by atoms with Gasteiger partial charge in [-0.3, -0.25) is 9.69 Å². The Morgan fingerprint density at radius 3 is 2.68 bits per heavy atom. The van der Waals surface area contributed by atoms with Gasteiger partial charge in [-0.2, -0.15) is 11.8 Å². The van der Waals surface area contributed by atoms with Crippen LogP contribution in [0.15, 0.2) is 45.7 Å². The smallest absolute Gasteiger partial charge is 0.326 e. The van der Waals surface area contributed by atoms with Crippen molar-refractivity contribution in [3.05, 3.63) is 52.6 Å². The second kappa shape index (κ2) is 8.98. The average molecular weight is 434 g/mol. The Balaban J connectivity index is 1.82. The molecule has 3 rings (SSSR count). The lowest BCUT2D eigenvalue weighted by atomic mass is 10.1. The Bertz CT molecular complexity index is 933. The molecule has 0 spiro atoms. The van der Waals surface area contributed by atoms with Gasteiger partial charge in [0, 0.05) is 11.6 Å². The van der Waals surface area contributed by atoms with Gasteiger partial charge in [-0.15, -0.1) is 0 Å². The molecule has 0 bridgehead atoms. The van der Waals surface area contributed by atoms with E-state index >= 15 is 0 Å². The summed E-state index contributed by atoms with van der Waals surface area (Å²) in [5, 5.41) is 9.51. The zero-order chi connectivity index (χ0) is 20.3. The molecule has 146 valence electrons. The summed E-state index contributed by atoms with van der Waals surface area (Å²) in [6, 6.07) is 10.6. The summed E-state index contributed by atoms with van der Waals surface area (Å²) in [7, 11) is 0. The number of nitrogens with zero attached hydrogens (tertiary/aromatic N) is 1. The molecule has 1 amide bonds. The topological polar surface area (TPSA) is 70.8 Å². The molecule has 0 unspecified atom stereocenters. The highest BCUT2D eigenvalue weighted by atomic mass is 32.2. The molecule has 8 heteroatoms. The van der Waals surface area contributed by atoms with E-state index in [9.17, 15) is 14.7 Å². The highest BCUT2D eigenvalue weighted by Gasteiger charge is 2.40. The number of carbonyl (C=O) groups excluding carboxylic acids is 1. The zero-order valence-corrected chi connectivity index (χ0v) is 17.8. The van der Waals surface area contributed by atoms with Gasteiger partial charge < -0.3 is 9.52 Å². The Hall–Kier alpha value is -2.03. The van der Waals surface area contributed by atoms with E-state index < -0.39 is 17.9 Å². The number of benzene rings is 1. The first-order valence-corrected chi connectivity index (χ1v) is 11.2. The van der Waals surface area contributed by atoms with Crippen LogP contribution in [0.2, 0.25) is 0 Å². The summed E-state index contributed by atoms with van der Waals surface area (Å²) in [5.74, 6) is 0.408. The van der Waals surface area contributed by atoms with E-state index in [0.717, 1.165) is 22.9 Å². The van der Waals surface area contributed by atoms with Crippen LogP contribution in [0, 0.1) is 6.92 Å². The number of thioether (sulfide) groups is 2. The number of rotatable bonds is 7. The van der Waals surface area contributed by atoms with Crippen LogP contribution in [-0.4, -0.2) is 44.3 Å². The molecule has 2 aromatic rings. The van der Waals surface area contributed by atoms with Gasteiger partial charge in [-0.1, -0.05) is 53.8 Å². The van der Waals surface area contributed by atoms with E-state index in [2.05, 4.69) is 0 Å². The minimum absolute atomic E-state index is 0.259. The quantitative estimate of drug-likeness (QED) is 0.503. The van der Waals surface area contributed by atoms with E-state index in [1.165, 1.54) is 16.7 Å². The van der Waals surface area contributed by atoms with Gasteiger partial charge in [-0.25, -0.2) is 4.79 Å². The molecule has 1 fully saturated rings. The fourth-order valence-corrected chi connectivity index (χ4v) is 4.57. The predicted molar refractivity (Wildman–Crippen MR) is 118 cm³/mol. The van der Waals surface area contributed by atoms with E-state index in [0.29, 0.717) is 28.6 Å².